The van der Waals surface area contributed by atoms with Crippen LogP contribution in [0.5, 0.6) is 0 Å². The van der Waals surface area contributed by atoms with E-state index in [0.717, 1.165) is 5.56 Å². The van der Waals surface area contributed by atoms with Crippen LogP contribution in [0.15, 0.2) is 36.4 Å². The van der Waals surface area contributed by atoms with E-state index in [-0.39, 0.29) is 12.4 Å². The lowest BCUT2D eigenvalue weighted by atomic mass is 10.1. The second kappa shape index (κ2) is 7.69. The SMILES string of the molecule is OCCCc1nnc(-c2cc(F)c3[nH]nc(C=Cc4ccc(F)cc4)c3c2)[nH]1. The second-order valence-corrected chi connectivity index (χ2v) is 6.32. The fraction of sp³-hybridized carbons (Fsp3) is 0.150. The van der Waals surface area contributed by atoms with Gasteiger partial charge in [-0.1, -0.05) is 18.2 Å². The fourth-order valence-electron chi connectivity index (χ4n) is 2.90. The lowest BCUT2D eigenvalue weighted by Crippen LogP contribution is -1.91. The first kappa shape index (κ1) is 18.0. The van der Waals surface area contributed by atoms with Crippen LogP contribution in [0.2, 0.25) is 0 Å². The molecular weight excluding hydrogens is 364 g/mol. The van der Waals surface area contributed by atoms with Gasteiger partial charge in [0.2, 0.25) is 0 Å². The molecule has 4 rings (SSSR count). The number of nitrogens with zero attached hydrogens (tertiary/aromatic N) is 3. The van der Waals surface area contributed by atoms with Crippen LogP contribution in [-0.4, -0.2) is 37.1 Å². The number of aryl methyl sites for hydroxylation is 1. The minimum atomic E-state index is -0.449. The average Bonchev–Trinajstić information content (AvgIpc) is 3.33. The summed E-state index contributed by atoms with van der Waals surface area (Å²) in [4.78, 5) is 3.05. The van der Waals surface area contributed by atoms with Crippen LogP contribution in [0.4, 0.5) is 8.78 Å². The lowest BCUT2D eigenvalue weighted by molar-refractivity contribution is 0.287. The molecule has 8 heteroatoms. The number of aromatic nitrogens is 5. The molecule has 4 aromatic rings. The molecule has 3 N–H and O–H groups in total. The molecule has 0 amide bonds. The third-order valence-electron chi connectivity index (χ3n) is 4.34. The maximum absolute atomic E-state index is 14.5. The molecule has 0 unspecified atom stereocenters. The topological polar surface area (TPSA) is 90.5 Å². The molecule has 2 aromatic carbocycles. The van der Waals surface area contributed by atoms with Crippen molar-refractivity contribution in [3.05, 3.63) is 65.1 Å². The highest BCUT2D eigenvalue weighted by molar-refractivity contribution is 5.92. The maximum Gasteiger partial charge on any atom is 0.161 e. The van der Waals surface area contributed by atoms with E-state index in [1.165, 1.54) is 18.2 Å². The number of benzene rings is 2. The largest absolute Gasteiger partial charge is 0.396 e. The van der Waals surface area contributed by atoms with Crippen LogP contribution in [-0.2, 0) is 6.42 Å². The normalized spacial score (nSPS) is 11.7. The summed E-state index contributed by atoms with van der Waals surface area (Å²) in [5.41, 5.74) is 2.20. The van der Waals surface area contributed by atoms with Gasteiger partial charge < -0.3 is 10.1 Å². The van der Waals surface area contributed by atoms with Crippen LogP contribution < -0.4 is 0 Å². The third-order valence-corrected chi connectivity index (χ3v) is 4.34. The highest BCUT2D eigenvalue weighted by Gasteiger charge is 2.13. The molecule has 28 heavy (non-hydrogen) atoms. The molecule has 0 aliphatic heterocycles. The zero-order valence-electron chi connectivity index (χ0n) is 14.8. The first-order valence-corrected chi connectivity index (χ1v) is 8.78. The van der Waals surface area contributed by atoms with Gasteiger partial charge in [-0.2, -0.15) is 5.10 Å². The third kappa shape index (κ3) is 3.67. The molecule has 0 spiro atoms. The van der Waals surface area contributed by atoms with Gasteiger partial charge in [-0.05, 0) is 42.3 Å². The molecule has 0 aliphatic carbocycles. The van der Waals surface area contributed by atoms with Crippen molar-refractivity contribution in [2.24, 2.45) is 0 Å². The number of hydrogen-bond acceptors (Lipinski definition) is 4. The number of hydrogen-bond donors (Lipinski definition) is 3. The fourth-order valence-corrected chi connectivity index (χ4v) is 2.90. The van der Waals surface area contributed by atoms with E-state index in [9.17, 15) is 8.78 Å². The van der Waals surface area contributed by atoms with E-state index >= 15 is 0 Å². The highest BCUT2D eigenvalue weighted by atomic mass is 19.1. The first-order valence-electron chi connectivity index (χ1n) is 8.78. The predicted octanol–water partition coefficient (Wildman–Crippen LogP) is 3.72. The summed E-state index contributed by atoms with van der Waals surface area (Å²) in [6, 6.07) is 9.19. The minimum Gasteiger partial charge on any atom is -0.396 e. The summed E-state index contributed by atoms with van der Waals surface area (Å²) >= 11 is 0. The summed E-state index contributed by atoms with van der Waals surface area (Å²) in [6.07, 6.45) is 4.65. The van der Waals surface area contributed by atoms with Crippen molar-refractivity contribution in [1.82, 2.24) is 25.4 Å². The number of aromatic amines is 2. The molecule has 0 aliphatic rings. The van der Waals surface area contributed by atoms with Gasteiger partial charge in [-0.25, -0.2) is 8.78 Å². The van der Waals surface area contributed by atoms with Crippen LogP contribution in [0.3, 0.4) is 0 Å². The van der Waals surface area contributed by atoms with Gasteiger partial charge in [0.1, 0.15) is 23.0 Å². The molecule has 0 bridgehead atoms. The van der Waals surface area contributed by atoms with E-state index in [1.807, 2.05) is 0 Å². The molecule has 0 saturated heterocycles. The number of rotatable bonds is 6. The van der Waals surface area contributed by atoms with Crippen LogP contribution in [0.1, 0.15) is 23.5 Å². The van der Waals surface area contributed by atoms with E-state index in [2.05, 4.69) is 25.4 Å². The summed E-state index contributed by atoms with van der Waals surface area (Å²) < 4.78 is 27.6. The van der Waals surface area contributed by atoms with Gasteiger partial charge >= 0.3 is 0 Å². The van der Waals surface area contributed by atoms with E-state index in [1.54, 1.807) is 30.4 Å². The quantitative estimate of drug-likeness (QED) is 0.475. The Morgan fingerprint density at radius 2 is 1.86 bits per heavy atom. The van der Waals surface area contributed by atoms with Crippen molar-refractivity contribution in [3.8, 4) is 11.4 Å². The molecule has 0 radical (unpaired) electrons. The smallest absolute Gasteiger partial charge is 0.161 e. The lowest BCUT2D eigenvalue weighted by Gasteiger charge is -1.99. The molecular formula is C20H17F2N5O. The van der Waals surface area contributed by atoms with Crippen LogP contribution >= 0.6 is 0 Å². The van der Waals surface area contributed by atoms with E-state index in [0.29, 0.717) is 46.7 Å². The predicted molar refractivity (Wildman–Crippen MR) is 102 cm³/mol. The Kier molecular flexibility index (Phi) is 4.94. The minimum absolute atomic E-state index is 0.0649. The van der Waals surface area contributed by atoms with Crippen LogP contribution in [0.25, 0.3) is 34.4 Å². The first-order chi connectivity index (χ1) is 13.6. The molecule has 6 nitrogen and oxygen atoms in total. The number of aliphatic hydroxyl groups is 1. The van der Waals surface area contributed by atoms with Gasteiger partial charge in [-0.15, -0.1) is 10.2 Å². The summed E-state index contributed by atoms with van der Waals surface area (Å²) in [7, 11) is 0. The number of H-pyrrole nitrogens is 2. The van der Waals surface area contributed by atoms with Crippen molar-refractivity contribution < 1.29 is 13.9 Å². The monoisotopic (exact) mass is 381 g/mol. The Labute approximate surface area is 159 Å². The Morgan fingerprint density at radius 3 is 2.64 bits per heavy atom. The van der Waals surface area contributed by atoms with Gasteiger partial charge in [0.25, 0.3) is 0 Å². The van der Waals surface area contributed by atoms with Crippen molar-refractivity contribution in [1.29, 1.82) is 0 Å². The van der Waals surface area contributed by atoms with Crippen LogP contribution in [0, 0.1) is 11.6 Å². The highest BCUT2D eigenvalue weighted by Crippen LogP contribution is 2.27. The zero-order valence-corrected chi connectivity index (χ0v) is 14.8. The standard InChI is InChI=1S/C20H17F2N5O/c21-14-6-3-12(4-7-14)5-8-17-15-10-13(11-16(22)19(15)26-24-17)20-23-18(25-27-20)2-1-9-28/h3-8,10-11,28H,1-2,9H2,(H,24,26)(H,23,25,27). The molecule has 142 valence electrons. The zero-order chi connectivity index (χ0) is 19.5. The summed E-state index contributed by atoms with van der Waals surface area (Å²) in [5.74, 6) is 0.325. The molecule has 0 fully saturated rings. The Bertz CT molecular complexity index is 1130. The van der Waals surface area contributed by atoms with Gasteiger partial charge in [-0.3, -0.25) is 5.10 Å². The van der Waals surface area contributed by atoms with Gasteiger partial charge in [0.05, 0.1) is 5.69 Å². The summed E-state index contributed by atoms with van der Waals surface area (Å²) in [5, 5.41) is 24.5. The Balaban J connectivity index is 1.68. The van der Waals surface area contributed by atoms with Crippen molar-refractivity contribution in [2.75, 3.05) is 6.61 Å². The maximum atomic E-state index is 14.5. The molecule has 2 aromatic heterocycles. The Hall–Kier alpha value is -3.39. The number of fused-ring (bicyclic) bond motifs is 1. The van der Waals surface area contributed by atoms with E-state index < -0.39 is 5.82 Å². The number of aliphatic hydroxyl groups excluding tert-OH is 1. The molecule has 0 saturated carbocycles. The van der Waals surface area contributed by atoms with Crippen molar-refractivity contribution >= 4 is 23.1 Å². The van der Waals surface area contributed by atoms with Gasteiger partial charge in [0, 0.05) is 24.0 Å². The van der Waals surface area contributed by atoms with Crippen molar-refractivity contribution in [3.63, 3.8) is 0 Å². The van der Waals surface area contributed by atoms with Gasteiger partial charge in [0.15, 0.2) is 5.82 Å². The second-order valence-electron chi connectivity index (χ2n) is 6.32. The van der Waals surface area contributed by atoms with E-state index in [4.69, 9.17) is 5.11 Å². The molecule has 2 heterocycles. The number of halogens is 2. The number of nitrogens with one attached hydrogen (secondary N) is 2. The van der Waals surface area contributed by atoms with Crippen molar-refractivity contribution in [2.45, 2.75) is 12.8 Å². The molecule has 0 atom stereocenters. The average molecular weight is 381 g/mol. The summed E-state index contributed by atoms with van der Waals surface area (Å²) in [6.45, 7) is 0.0649. The Morgan fingerprint density at radius 1 is 1.04 bits per heavy atom.